The predicted octanol–water partition coefficient (Wildman–Crippen LogP) is 0.830. The molecule has 0 saturated carbocycles. The molecule has 11 heteroatoms. The zero-order valence-electron chi connectivity index (χ0n) is 15.9. The first-order valence-electron chi connectivity index (χ1n) is 8.64. The monoisotopic (exact) mass is 381 g/mol. The second-order valence-corrected chi connectivity index (χ2v) is 6.41. The third-order valence-electron chi connectivity index (χ3n) is 4.46. The molecule has 28 heavy (non-hydrogen) atoms. The lowest BCUT2D eigenvalue weighted by Crippen LogP contribution is -2.15. The number of aromatic hydroxyl groups is 1. The molecule has 4 aromatic rings. The smallest absolute Gasteiger partial charge is 0.285 e. The lowest BCUT2D eigenvalue weighted by Gasteiger charge is -2.00. The first kappa shape index (κ1) is 17.6. The van der Waals surface area contributed by atoms with E-state index in [1.165, 1.54) is 4.68 Å². The number of carbonyl (C=O) groups is 1. The molecular weight excluding hydrogens is 362 g/mol. The van der Waals surface area contributed by atoms with Gasteiger partial charge in [-0.1, -0.05) is 0 Å². The van der Waals surface area contributed by atoms with Crippen molar-refractivity contribution < 1.29 is 9.90 Å². The largest absolute Gasteiger partial charge is 0.504 e. The molecule has 4 heterocycles. The summed E-state index contributed by atoms with van der Waals surface area (Å²) in [5.74, 6) is 0.165. The summed E-state index contributed by atoms with van der Waals surface area (Å²) >= 11 is 0. The summed E-state index contributed by atoms with van der Waals surface area (Å²) in [5.41, 5.74) is 8.11. The van der Waals surface area contributed by atoms with Crippen molar-refractivity contribution in [3.63, 3.8) is 0 Å². The Labute approximate surface area is 159 Å². The number of nitrogens with zero attached hydrogens (tertiary/aromatic N) is 8. The minimum atomic E-state index is -0.661. The molecule has 0 atom stereocenters. The van der Waals surface area contributed by atoms with Crippen molar-refractivity contribution in [3.8, 4) is 28.8 Å². The standard InChI is InChI=1S/C17H19N9O2/c1-5-26-12(13(27)9(3)22-26)15-21-16(24(4)23-15)11-10-6-19-8(2)7-25(10)17(20-11)14(18)28/h6-7,27H,5H2,1-4H3,(H2,18,28). The number of nitrogens with two attached hydrogens (primary N) is 1. The molecule has 0 aliphatic rings. The van der Waals surface area contributed by atoms with E-state index in [0.29, 0.717) is 46.5 Å². The van der Waals surface area contributed by atoms with E-state index in [2.05, 4.69) is 25.1 Å². The molecule has 11 nitrogen and oxygen atoms in total. The molecule has 0 unspecified atom stereocenters. The zero-order chi connectivity index (χ0) is 20.2. The lowest BCUT2D eigenvalue weighted by molar-refractivity contribution is 0.0990. The Kier molecular flexibility index (Phi) is 3.87. The average Bonchev–Trinajstić information content (AvgIpc) is 3.28. The van der Waals surface area contributed by atoms with Crippen LogP contribution in [-0.2, 0) is 13.6 Å². The molecular formula is C17H19N9O2. The van der Waals surface area contributed by atoms with E-state index in [1.54, 1.807) is 42.4 Å². The van der Waals surface area contributed by atoms with Gasteiger partial charge in [0, 0.05) is 19.8 Å². The molecule has 0 fully saturated rings. The molecule has 4 rings (SSSR count). The number of aromatic nitrogens is 8. The minimum Gasteiger partial charge on any atom is -0.504 e. The fourth-order valence-electron chi connectivity index (χ4n) is 3.13. The highest BCUT2D eigenvalue weighted by Crippen LogP contribution is 2.32. The number of imidazole rings is 1. The van der Waals surface area contributed by atoms with Gasteiger partial charge in [-0.2, -0.15) is 5.10 Å². The number of primary amides is 1. The molecule has 0 spiro atoms. The summed E-state index contributed by atoms with van der Waals surface area (Å²) in [4.78, 5) is 25.1. The van der Waals surface area contributed by atoms with Crippen LogP contribution in [0.25, 0.3) is 28.6 Å². The van der Waals surface area contributed by atoms with Crippen molar-refractivity contribution in [1.29, 1.82) is 0 Å². The van der Waals surface area contributed by atoms with Gasteiger partial charge in [0.1, 0.15) is 17.1 Å². The van der Waals surface area contributed by atoms with E-state index in [1.807, 2.05) is 6.92 Å². The molecule has 0 aromatic carbocycles. The number of amides is 1. The number of carbonyl (C=O) groups excluding carboxylic acids is 1. The highest BCUT2D eigenvalue weighted by Gasteiger charge is 2.25. The Bertz CT molecular complexity index is 1230. The van der Waals surface area contributed by atoms with E-state index in [0.717, 1.165) is 0 Å². The van der Waals surface area contributed by atoms with Crippen molar-refractivity contribution in [1.82, 2.24) is 38.9 Å². The van der Waals surface area contributed by atoms with Crippen LogP contribution in [0.15, 0.2) is 12.4 Å². The van der Waals surface area contributed by atoms with Crippen molar-refractivity contribution in [2.75, 3.05) is 0 Å². The molecule has 0 aliphatic heterocycles. The molecule has 3 N–H and O–H groups in total. The van der Waals surface area contributed by atoms with Gasteiger partial charge in [0.25, 0.3) is 5.91 Å². The topological polar surface area (TPSA) is 142 Å². The molecule has 0 bridgehead atoms. The normalized spacial score (nSPS) is 11.4. The molecule has 0 aliphatic carbocycles. The summed E-state index contributed by atoms with van der Waals surface area (Å²) in [6.45, 7) is 5.98. The van der Waals surface area contributed by atoms with Crippen LogP contribution in [0.5, 0.6) is 5.75 Å². The second kappa shape index (κ2) is 6.15. The first-order valence-corrected chi connectivity index (χ1v) is 8.64. The van der Waals surface area contributed by atoms with Crippen molar-refractivity contribution in [3.05, 3.63) is 29.6 Å². The van der Waals surface area contributed by atoms with Gasteiger partial charge in [0.2, 0.25) is 11.6 Å². The Morgan fingerprint density at radius 2 is 2.00 bits per heavy atom. The second-order valence-electron chi connectivity index (χ2n) is 6.41. The van der Waals surface area contributed by atoms with E-state index < -0.39 is 5.91 Å². The van der Waals surface area contributed by atoms with Crippen molar-refractivity contribution >= 4 is 11.4 Å². The van der Waals surface area contributed by atoms with Gasteiger partial charge in [0.05, 0.1) is 17.4 Å². The molecule has 144 valence electrons. The van der Waals surface area contributed by atoms with Crippen LogP contribution >= 0.6 is 0 Å². The fourth-order valence-corrected chi connectivity index (χ4v) is 3.13. The minimum absolute atomic E-state index is 0.0313. The predicted molar refractivity (Wildman–Crippen MR) is 99.5 cm³/mol. The van der Waals surface area contributed by atoms with Crippen LogP contribution in [0, 0.1) is 13.8 Å². The maximum Gasteiger partial charge on any atom is 0.285 e. The lowest BCUT2D eigenvalue weighted by atomic mass is 10.3. The highest BCUT2D eigenvalue weighted by molar-refractivity contribution is 5.92. The number of hydrogen-bond donors (Lipinski definition) is 2. The Balaban J connectivity index is 1.95. The maximum atomic E-state index is 11.8. The maximum absolute atomic E-state index is 11.8. The quantitative estimate of drug-likeness (QED) is 0.533. The van der Waals surface area contributed by atoms with Crippen molar-refractivity contribution in [2.24, 2.45) is 12.8 Å². The number of hydrogen-bond acceptors (Lipinski definition) is 7. The Morgan fingerprint density at radius 1 is 1.25 bits per heavy atom. The van der Waals surface area contributed by atoms with E-state index in [4.69, 9.17) is 5.73 Å². The summed E-state index contributed by atoms with van der Waals surface area (Å²) in [6.07, 6.45) is 3.29. The molecule has 4 aromatic heterocycles. The highest BCUT2D eigenvalue weighted by atomic mass is 16.3. The van der Waals surface area contributed by atoms with Crippen LogP contribution in [0.4, 0.5) is 0 Å². The summed E-state index contributed by atoms with van der Waals surface area (Å²) in [7, 11) is 1.71. The average molecular weight is 381 g/mol. The number of aryl methyl sites for hydroxylation is 4. The SMILES string of the molecule is CCn1nc(C)c(O)c1-c1nc(-c2nc(C(N)=O)n3cc(C)ncc23)n(C)n1. The van der Waals surface area contributed by atoms with Gasteiger partial charge in [-0.05, 0) is 20.8 Å². The fraction of sp³-hybridized carbons (Fsp3) is 0.294. The zero-order valence-corrected chi connectivity index (χ0v) is 15.9. The number of rotatable bonds is 4. The third kappa shape index (κ3) is 2.51. The first-order chi connectivity index (χ1) is 13.3. The molecule has 1 amide bonds. The van der Waals surface area contributed by atoms with Crippen LogP contribution in [0.3, 0.4) is 0 Å². The van der Waals surface area contributed by atoms with Gasteiger partial charge in [-0.3, -0.25) is 18.9 Å². The summed E-state index contributed by atoms with van der Waals surface area (Å²) < 4.78 is 4.76. The van der Waals surface area contributed by atoms with Crippen LogP contribution < -0.4 is 5.73 Å². The Morgan fingerprint density at radius 3 is 2.68 bits per heavy atom. The Hall–Kier alpha value is -3.76. The van der Waals surface area contributed by atoms with Gasteiger partial charge in [-0.25, -0.2) is 14.6 Å². The summed E-state index contributed by atoms with van der Waals surface area (Å²) in [5, 5.41) is 19.1. The molecule has 0 saturated heterocycles. The van der Waals surface area contributed by atoms with Crippen molar-refractivity contribution in [2.45, 2.75) is 27.3 Å². The molecule has 0 radical (unpaired) electrons. The van der Waals surface area contributed by atoms with Gasteiger partial charge in [0.15, 0.2) is 11.6 Å². The summed E-state index contributed by atoms with van der Waals surface area (Å²) in [6, 6.07) is 0. The van der Waals surface area contributed by atoms with Crippen LogP contribution in [-0.4, -0.2) is 49.9 Å². The van der Waals surface area contributed by atoms with Gasteiger partial charge in [-0.15, -0.1) is 5.10 Å². The van der Waals surface area contributed by atoms with Crippen LogP contribution in [0.2, 0.25) is 0 Å². The van der Waals surface area contributed by atoms with E-state index >= 15 is 0 Å². The van der Waals surface area contributed by atoms with Gasteiger partial charge < -0.3 is 10.8 Å². The number of fused-ring (bicyclic) bond motifs is 1. The van der Waals surface area contributed by atoms with E-state index in [9.17, 15) is 9.90 Å². The third-order valence-corrected chi connectivity index (χ3v) is 4.46. The van der Waals surface area contributed by atoms with Gasteiger partial charge >= 0.3 is 0 Å². The van der Waals surface area contributed by atoms with Crippen LogP contribution in [0.1, 0.15) is 28.9 Å². The van der Waals surface area contributed by atoms with E-state index in [-0.39, 0.29) is 11.6 Å².